The molecule has 21 heavy (non-hydrogen) atoms. The molecule has 3 heteroatoms. The molecule has 1 aromatic carbocycles. The molecular weight excluding hydrogens is 260 g/mol. The van der Waals surface area contributed by atoms with E-state index in [1.807, 2.05) is 0 Å². The molecule has 1 aliphatic heterocycles. The molecule has 116 valence electrons. The molecule has 0 radical (unpaired) electrons. The first-order valence-corrected chi connectivity index (χ1v) is 8.34. The summed E-state index contributed by atoms with van der Waals surface area (Å²) in [6, 6.07) is 8.65. The Hall–Kier alpha value is -0.900. The molecule has 0 aromatic heterocycles. The van der Waals surface area contributed by atoms with Crippen molar-refractivity contribution < 1.29 is 5.11 Å². The van der Waals surface area contributed by atoms with Crippen LogP contribution in [-0.4, -0.2) is 41.8 Å². The van der Waals surface area contributed by atoms with Gasteiger partial charge in [-0.15, -0.1) is 0 Å². The smallest absolute Gasteiger partial charge is 0.0743 e. The van der Waals surface area contributed by atoms with E-state index in [-0.39, 0.29) is 5.41 Å². The second-order valence-corrected chi connectivity index (χ2v) is 6.90. The molecule has 0 amide bonds. The van der Waals surface area contributed by atoms with Crippen molar-refractivity contribution in [3.8, 4) is 0 Å². The Kier molecular flexibility index (Phi) is 4.08. The van der Waals surface area contributed by atoms with E-state index in [1.54, 1.807) is 0 Å². The number of rotatable bonds is 3. The molecule has 3 nitrogen and oxygen atoms in total. The standard InChI is InChI=1S/C18H28N2O/c1-2-20-11-9-18(21,10-12-20)17(14-19)8-7-15-5-3-4-6-16(15)13-17/h3-6,21H,2,7-14,19H2,1H3. The third kappa shape index (κ3) is 2.52. The minimum Gasteiger partial charge on any atom is -0.389 e. The molecule has 0 bridgehead atoms. The fourth-order valence-corrected chi connectivity index (χ4v) is 4.33. The quantitative estimate of drug-likeness (QED) is 0.894. The molecular formula is C18H28N2O. The molecule has 1 atom stereocenters. The number of hydrogen-bond acceptors (Lipinski definition) is 3. The van der Waals surface area contributed by atoms with Gasteiger partial charge in [-0.3, -0.25) is 0 Å². The van der Waals surface area contributed by atoms with Crippen LogP contribution >= 0.6 is 0 Å². The number of nitrogens with zero attached hydrogens (tertiary/aromatic N) is 1. The van der Waals surface area contributed by atoms with Gasteiger partial charge in [0.15, 0.2) is 0 Å². The molecule has 1 saturated heterocycles. The number of aliphatic hydroxyl groups is 1. The Morgan fingerprint density at radius 3 is 2.43 bits per heavy atom. The zero-order chi connectivity index (χ0) is 14.9. The van der Waals surface area contributed by atoms with Crippen molar-refractivity contribution in [1.29, 1.82) is 0 Å². The van der Waals surface area contributed by atoms with E-state index in [4.69, 9.17) is 5.73 Å². The predicted octanol–water partition coefficient (Wildman–Crippen LogP) is 1.97. The molecule has 3 rings (SSSR count). The first kappa shape index (κ1) is 15.0. The maximum absolute atomic E-state index is 11.4. The lowest BCUT2D eigenvalue weighted by Crippen LogP contribution is -2.59. The fraction of sp³-hybridized carbons (Fsp3) is 0.667. The third-order valence-electron chi connectivity index (χ3n) is 6.03. The summed E-state index contributed by atoms with van der Waals surface area (Å²) in [5.74, 6) is 0. The summed E-state index contributed by atoms with van der Waals surface area (Å²) in [4.78, 5) is 2.43. The lowest BCUT2D eigenvalue weighted by atomic mass is 9.59. The first-order valence-electron chi connectivity index (χ1n) is 8.34. The van der Waals surface area contributed by atoms with Gasteiger partial charge in [0.05, 0.1) is 5.60 Å². The van der Waals surface area contributed by atoms with Gasteiger partial charge < -0.3 is 15.7 Å². The first-order chi connectivity index (χ1) is 10.1. The Bertz CT molecular complexity index is 494. The van der Waals surface area contributed by atoms with Crippen LogP contribution in [0.5, 0.6) is 0 Å². The van der Waals surface area contributed by atoms with Crippen LogP contribution in [0.2, 0.25) is 0 Å². The van der Waals surface area contributed by atoms with E-state index in [9.17, 15) is 5.11 Å². The maximum Gasteiger partial charge on any atom is 0.0743 e. The van der Waals surface area contributed by atoms with Crippen molar-refractivity contribution >= 4 is 0 Å². The van der Waals surface area contributed by atoms with Crippen LogP contribution in [0.4, 0.5) is 0 Å². The summed E-state index contributed by atoms with van der Waals surface area (Å²) in [5, 5.41) is 11.4. The van der Waals surface area contributed by atoms with Crippen LogP contribution in [-0.2, 0) is 12.8 Å². The lowest BCUT2D eigenvalue weighted by Gasteiger charge is -2.52. The highest BCUT2D eigenvalue weighted by molar-refractivity contribution is 5.32. The molecule has 1 heterocycles. The average Bonchev–Trinajstić information content (AvgIpc) is 2.55. The van der Waals surface area contributed by atoms with Crippen molar-refractivity contribution in [1.82, 2.24) is 4.90 Å². The zero-order valence-corrected chi connectivity index (χ0v) is 13.1. The van der Waals surface area contributed by atoms with Crippen LogP contribution in [0.1, 0.15) is 37.3 Å². The summed E-state index contributed by atoms with van der Waals surface area (Å²) < 4.78 is 0. The van der Waals surface area contributed by atoms with Gasteiger partial charge in [0.25, 0.3) is 0 Å². The van der Waals surface area contributed by atoms with Crippen molar-refractivity contribution in [2.45, 2.75) is 44.6 Å². The van der Waals surface area contributed by atoms with Gasteiger partial charge in [0.2, 0.25) is 0 Å². The Morgan fingerprint density at radius 1 is 1.14 bits per heavy atom. The molecule has 3 N–H and O–H groups in total. The molecule has 1 unspecified atom stereocenters. The number of aryl methyl sites for hydroxylation is 1. The number of fused-ring (bicyclic) bond motifs is 1. The summed E-state index contributed by atoms with van der Waals surface area (Å²) in [5.41, 5.74) is 8.30. The van der Waals surface area contributed by atoms with Gasteiger partial charge in [0.1, 0.15) is 0 Å². The van der Waals surface area contributed by atoms with E-state index in [1.165, 1.54) is 11.1 Å². The van der Waals surface area contributed by atoms with Crippen molar-refractivity contribution in [2.75, 3.05) is 26.2 Å². The van der Waals surface area contributed by atoms with Crippen molar-refractivity contribution in [2.24, 2.45) is 11.1 Å². The Balaban J connectivity index is 1.85. The van der Waals surface area contributed by atoms with Crippen molar-refractivity contribution in [3.63, 3.8) is 0 Å². The SMILES string of the molecule is CCN1CCC(O)(C2(CN)CCc3ccccc3C2)CC1. The molecule has 1 aliphatic carbocycles. The second kappa shape index (κ2) is 5.71. The topological polar surface area (TPSA) is 49.5 Å². The maximum atomic E-state index is 11.4. The summed E-state index contributed by atoms with van der Waals surface area (Å²) in [7, 11) is 0. The van der Waals surface area contributed by atoms with Crippen LogP contribution < -0.4 is 5.73 Å². The molecule has 2 aliphatic rings. The van der Waals surface area contributed by atoms with Gasteiger partial charge in [-0.1, -0.05) is 31.2 Å². The largest absolute Gasteiger partial charge is 0.389 e. The van der Waals surface area contributed by atoms with E-state index in [0.717, 1.165) is 51.7 Å². The van der Waals surface area contributed by atoms with Gasteiger partial charge in [0, 0.05) is 25.0 Å². The second-order valence-electron chi connectivity index (χ2n) is 6.90. The molecule has 1 fully saturated rings. The number of nitrogens with two attached hydrogens (primary N) is 1. The van der Waals surface area contributed by atoms with Gasteiger partial charge in [-0.2, -0.15) is 0 Å². The average molecular weight is 288 g/mol. The normalized spacial score (nSPS) is 29.1. The van der Waals surface area contributed by atoms with Crippen LogP contribution in [0.15, 0.2) is 24.3 Å². The van der Waals surface area contributed by atoms with E-state index in [0.29, 0.717) is 6.54 Å². The van der Waals surface area contributed by atoms with Crippen LogP contribution in [0, 0.1) is 5.41 Å². The monoisotopic (exact) mass is 288 g/mol. The predicted molar refractivity (Wildman–Crippen MR) is 86.3 cm³/mol. The van der Waals surface area contributed by atoms with E-state index < -0.39 is 5.60 Å². The number of benzene rings is 1. The summed E-state index contributed by atoms with van der Waals surface area (Å²) in [6.45, 7) is 5.85. The summed E-state index contributed by atoms with van der Waals surface area (Å²) in [6.07, 6.45) is 4.72. The van der Waals surface area contributed by atoms with Gasteiger partial charge in [-0.05, 0) is 49.8 Å². The highest BCUT2D eigenvalue weighted by Gasteiger charge is 2.51. The third-order valence-corrected chi connectivity index (χ3v) is 6.03. The van der Waals surface area contributed by atoms with E-state index >= 15 is 0 Å². The Morgan fingerprint density at radius 2 is 1.81 bits per heavy atom. The van der Waals surface area contributed by atoms with Gasteiger partial charge in [-0.25, -0.2) is 0 Å². The number of piperidine rings is 1. The zero-order valence-electron chi connectivity index (χ0n) is 13.1. The summed E-state index contributed by atoms with van der Waals surface area (Å²) >= 11 is 0. The lowest BCUT2D eigenvalue weighted by molar-refractivity contribution is -0.123. The van der Waals surface area contributed by atoms with Crippen molar-refractivity contribution in [3.05, 3.63) is 35.4 Å². The van der Waals surface area contributed by atoms with Crippen LogP contribution in [0.3, 0.4) is 0 Å². The highest BCUT2D eigenvalue weighted by Crippen LogP contribution is 2.47. The minimum atomic E-state index is -0.596. The number of hydrogen-bond donors (Lipinski definition) is 2. The number of likely N-dealkylation sites (tertiary alicyclic amines) is 1. The molecule has 0 spiro atoms. The Labute approximate surface area is 128 Å². The van der Waals surface area contributed by atoms with E-state index in [2.05, 4.69) is 36.1 Å². The highest BCUT2D eigenvalue weighted by atomic mass is 16.3. The fourth-order valence-electron chi connectivity index (χ4n) is 4.33. The molecule has 0 saturated carbocycles. The van der Waals surface area contributed by atoms with Gasteiger partial charge >= 0.3 is 0 Å². The molecule has 1 aromatic rings. The van der Waals surface area contributed by atoms with Crippen LogP contribution in [0.25, 0.3) is 0 Å². The minimum absolute atomic E-state index is 0.138.